The molecule has 0 spiro atoms. The summed E-state index contributed by atoms with van der Waals surface area (Å²) in [5.74, 6) is 0. The van der Waals surface area contributed by atoms with Gasteiger partial charge in [0.1, 0.15) is 0 Å². The van der Waals surface area contributed by atoms with Crippen LogP contribution in [0.3, 0.4) is 0 Å². The quantitative estimate of drug-likeness (QED) is 0.610. The minimum atomic E-state index is -3.93. The molecule has 3 rings (SSSR count). The van der Waals surface area contributed by atoms with Gasteiger partial charge in [-0.3, -0.25) is 14.4 Å². The van der Waals surface area contributed by atoms with E-state index in [9.17, 15) is 18.5 Å². The number of ether oxygens (including phenoxy) is 2. The second-order valence-electron chi connectivity index (χ2n) is 5.39. The topological polar surface area (TPSA) is 99.0 Å². The van der Waals surface area contributed by atoms with Gasteiger partial charge in [-0.15, -0.1) is 0 Å². The highest BCUT2D eigenvalue weighted by atomic mass is 32.2. The van der Waals surface area contributed by atoms with Crippen LogP contribution in [-0.4, -0.2) is 33.3 Å². The van der Waals surface area contributed by atoms with Crippen LogP contribution in [0.25, 0.3) is 0 Å². The van der Waals surface area contributed by atoms with E-state index in [0.717, 1.165) is 0 Å². The molecular formula is C16H16N2O6S. The van der Waals surface area contributed by atoms with Crippen molar-refractivity contribution in [2.75, 3.05) is 18.0 Å². The third kappa shape index (κ3) is 3.34. The smallest absolute Gasteiger partial charge is 0.269 e. The molecule has 0 saturated heterocycles. The van der Waals surface area contributed by atoms with Gasteiger partial charge in [0.25, 0.3) is 15.7 Å². The third-order valence-corrected chi connectivity index (χ3v) is 5.69. The van der Waals surface area contributed by atoms with E-state index in [1.165, 1.54) is 35.7 Å². The number of nitrogens with zero attached hydrogens (tertiary/aromatic N) is 2. The van der Waals surface area contributed by atoms with E-state index in [1.807, 2.05) is 0 Å². The zero-order valence-electron chi connectivity index (χ0n) is 13.4. The summed E-state index contributed by atoms with van der Waals surface area (Å²) in [6.45, 7) is 0.202. The summed E-state index contributed by atoms with van der Waals surface area (Å²) < 4.78 is 38.2. The number of rotatable bonds is 4. The minimum absolute atomic E-state index is 0.0210. The Morgan fingerprint density at radius 2 is 1.88 bits per heavy atom. The van der Waals surface area contributed by atoms with Gasteiger partial charge in [-0.2, -0.15) is 0 Å². The first-order valence-corrected chi connectivity index (χ1v) is 8.87. The van der Waals surface area contributed by atoms with Gasteiger partial charge >= 0.3 is 0 Å². The van der Waals surface area contributed by atoms with Crippen molar-refractivity contribution < 1.29 is 22.8 Å². The lowest BCUT2D eigenvalue weighted by molar-refractivity contribution is -0.384. The lowest BCUT2D eigenvalue weighted by atomic mass is 10.2. The lowest BCUT2D eigenvalue weighted by Gasteiger charge is -2.26. The number of nitro benzene ring substituents is 1. The summed E-state index contributed by atoms with van der Waals surface area (Å²) in [5.41, 5.74) is 1.04. The molecule has 0 bridgehead atoms. The summed E-state index contributed by atoms with van der Waals surface area (Å²) in [7, 11) is -2.49. The summed E-state index contributed by atoms with van der Waals surface area (Å²) in [6, 6.07) is 11.8. The number of hydrogen-bond acceptors (Lipinski definition) is 6. The first-order valence-electron chi connectivity index (χ1n) is 7.43. The van der Waals surface area contributed by atoms with Crippen molar-refractivity contribution in [2.45, 2.75) is 17.8 Å². The predicted octanol–water partition coefficient (Wildman–Crippen LogP) is 2.29. The number of nitro groups is 1. The molecule has 2 aromatic carbocycles. The normalized spacial score (nSPS) is 17.6. The second kappa shape index (κ2) is 6.79. The van der Waals surface area contributed by atoms with Crippen LogP contribution in [-0.2, 0) is 26.1 Å². The van der Waals surface area contributed by atoms with Crippen LogP contribution in [0.1, 0.15) is 5.56 Å². The molecule has 0 radical (unpaired) electrons. The molecular weight excluding hydrogens is 348 g/mol. The van der Waals surface area contributed by atoms with Crippen LogP contribution < -0.4 is 4.31 Å². The van der Waals surface area contributed by atoms with E-state index >= 15 is 0 Å². The van der Waals surface area contributed by atoms with Gasteiger partial charge in [0.2, 0.25) is 0 Å². The molecule has 0 N–H and O–H groups in total. The summed E-state index contributed by atoms with van der Waals surface area (Å²) in [6.07, 6.45) is -0.722. The zero-order chi connectivity index (χ0) is 18.0. The third-order valence-electron chi connectivity index (χ3n) is 3.90. The Hall–Kier alpha value is -2.49. The van der Waals surface area contributed by atoms with Crippen LogP contribution >= 0.6 is 0 Å². The first-order chi connectivity index (χ1) is 11.9. The maximum atomic E-state index is 13.1. The van der Waals surface area contributed by atoms with Gasteiger partial charge in [0.15, 0.2) is 6.29 Å². The van der Waals surface area contributed by atoms with Crippen molar-refractivity contribution in [1.29, 1.82) is 0 Å². The summed E-state index contributed by atoms with van der Waals surface area (Å²) in [4.78, 5) is 10.2. The van der Waals surface area contributed by atoms with Gasteiger partial charge in [0.05, 0.1) is 28.7 Å². The fourth-order valence-corrected chi connectivity index (χ4v) is 4.07. The summed E-state index contributed by atoms with van der Waals surface area (Å²) in [5, 5.41) is 10.8. The molecule has 25 heavy (non-hydrogen) atoms. The van der Waals surface area contributed by atoms with Crippen molar-refractivity contribution >= 4 is 21.4 Å². The highest BCUT2D eigenvalue weighted by Gasteiger charge is 2.32. The van der Waals surface area contributed by atoms with E-state index in [4.69, 9.17) is 9.47 Å². The van der Waals surface area contributed by atoms with E-state index in [2.05, 4.69) is 0 Å². The van der Waals surface area contributed by atoms with Crippen molar-refractivity contribution in [3.63, 3.8) is 0 Å². The molecule has 1 heterocycles. The van der Waals surface area contributed by atoms with Gasteiger partial charge in [0, 0.05) is 24.8 Å². The number of benzene rings is 2. The second-order valence-corrected chi connectivity index (χ2v) is 7.25. The molecule has 0 aliphatic carbocycles. The maximum absolute atomic E-state index is 13.1. The Bertz CT molecular complexity index is 882. The first kappa shape index (κ1) is 17.3. The van der Waals surface area contributed by atoms with Crippen LogP contribution in [0.4, 0.5) is 11.4 Å². The Balaban J connectivity index is 2.06. The van der Waals surface area contributed by atoms with Gasteiger partial charge < -0.3 is 9.47 Å². The van der Waals surface area contributed by atoms with Crippen molar-refractivity contribution in [3.8, 4) is 0 Å². The Labute approximate surface area is 144 Å². The largest absolute Gasteiger partial charge is 0.354 e. The fraction of sp³-hybridized carbons (Fsp3) is 0.250. The summed E-state index contributed by atoms with van der Waals surface area (Å²) >= 11 is 0. The number of hydrogen-bond donors (Lipinski definition) is 0. The molecule has 0 fully saturated rings. The van der Waals surface area contributed by atoms with E-state index in [-0.39, 0.29) is 23.7 Å². The molecule has 0 saturated carbocycles. The number of methoxy groups -OCH3 is 1. The lowest BCUT2D eigenvalue weighted by Crippen LogP contribution is -2.38. The number of para-hydroxylation sites is 1. The highest BCUT2D eigenvalue weighted by molar-refractivity contribution is 7.92. The molecule has 8 nitrogen and oxygen atoms in total. The van der Waals surface area contributed by atoms with Gasteiger partial charge in [-0.25, -0.2) is 8.42 Å². The number of fused-ring (bicyclic) bond motifs is 1. The van der Waals surface area contributed by atoms with Crippen molar-refractivity contribution in [2.24, 2.45) is 0 Å². The highest BCUT2D eigenvalue weighted by Crippen LogP contribution is 2.31. The molecule has 1 atom stereocenters. The molecule has 1 aliphatic heterocycles. The molecule has 132 valence electrons. The monoisotopic (exact) mass is 364 g/mol. The minimum Gasteiger partial charge on any atom is -0.354 e. The van der Waals surface area contributed by atoms with Crippen molar-refractivity contribution in [1.82, 2.24) is 0 Å². The van der Waals surface area contributed by atoms with Crippen LogP contribution in [0, 0.1) is 10.1 Å². The molecule has 0 amide bonds. The molecule has 1 unspecified atom stereocenters. The average molecular weight is 364 g/mol. The van der Waals surface area contributed by atoms with Crippen molar-refractivity contribution in [3.05, 3.63) is 64.2 Å². The molecule has 2 aromatic rings. The van der Waals surface area contributed by atoms with Gasteiger partial charge in [-0.1, -0.05) is 18.2 Å². The van der Waals surface area contributed by atoms with E-state index in [0.29, 0.717) is 11.3 Å². The average Bonchev–Trinajstić information content (AvgIpc) is 2.81. The van der Waals surface area contributed by atoms with Gasteiger partial charge in [-0.05, 0) is 18.2 Å². The number of sulfonamides is 1. The van der Waals surface area contributed by atoms with E-state index < -0.39 is 21.2 Å². The molecule has 0 aromatic heterocycles. The van der Waals surface area contributed by atoms with Crippen LogP contribution in [0.2, 0.25) is 0 Å². The molecule has 1 aliphatic rings. The number of non-ortho nitro benzene ring substituents is 1. The van der Waals surface area contributed by atoms with Crippen LogP contribution in [0.15, 0.2) is 53.4 Å². The Kier molecular flexibility index (Phi) is 4.71. The Morgan fingerprint density at radius 1 is 1.20 bits per heavy atom. The Morgan fingerprint density at radius 3 is 2.52 bits per heavy atom. The molecule has 9 heteroatoms. The predicted molar refractivity (Wildman–Crippen MR) is 89.7 cm³/mol. The fourth-order valence-electron chi connectivity index (χ4n) is 2.58. The standard InChI is InChI=1S/C16H16N2O6S/c1-23-16-10-17(15-5-3-2-4-12(15)11-24-16)25(21,22)14-8-6-13(7-9-14)18(19)20/h2-9,16H,10-11H2,1H3. The SMILES string of the molecule is COC1CN(S(=O)(=O)c2ccc([N+](=O)[O-])cc2)c2ccccc2CO1. The van der Waals surface area contributed by atoms with E-state index in [1.54, 1.807) is 24.3 Å². The van der Waals surface area contributed by atoms with Crippen LogP contribution in [0.5, 0.6) is 0 Å². The zero-order valence-corrected chi connectivity index (χ0v) is 14.2. The maximum Gasteiger partial charge on any atom is 0.269 e. The number of anilines is 1.